The van der Waals surface area contributed by atoms with Crippen LogP contribution in [-0.2, 0) is 6.54 Å². The average molecular weight is 278 g/mol. The van der Waals surface area contributed by atoms with Gasteiger partial charge in [0.1, 0.15) is 0 Å². The Morgan fingerprint density at radius 3 is 3.11 bits per heavy atom. The lowest BCUT2D eigenvalue weighted by Crippen LogP contribution is -2.45. The van der Waals surface area contributed by atoms with Gasteiger partial charge in [-0.25, -0.2) is 0 Å². The van der Waals surface area contributed by atoms with Gasteiger partial charge in [0, 0.05) is 41.3 Å². The summed E-state index contributed by atoms with van der Waals surface area (Å²) in [7, 11) is 0. The maximum atomic E-state index is 6.07. The summed E-state index contributed by atoms with van der Waals surface area (Å²) >= 11 is 6.01. The zero-order valence-electron chi connectivity index (χ0n) is 11.2. The Hall–Kier alpha value is -1.03. The highest BCUT2D eigenvalue weighted by Crippen LogP contribution is 2.24. The molecule has 3 N–H and O–H groups in total. The first kappa shape index (κ1) is 13.0. The van der Waals surface area contributed by atoms with E-state index in [2.05, 4.69) is 29.1 Å². The molecule has 1 aromatic carbocycles. The van der Waals surface area contributed by atoms with Gasteiger partial charge in [-0.3, -0.25) is 4.90 Å². The highest BCUT2D eigenvalue weighted by atomic mass is 35.5. The first-order valence-corrected chi connectivity index (χ1v) is 7.25. The van der Waals surface area contributed by atoms with Gasteiger partial charge in [0.2, 0.25) is 0 Å². The number of rotatable bonds is 2. The van der Waals surface area contributed by atoms with Crippen LogP contribution in [0.25, 0.3) is 10.9 Å². The molecule has 0 amide bonds. The predicted molar refractivity (Wildman–Crippen MR) is 80.3 cm³/mol. The standard InChI is InChI=1S/C15H20ClN3/c1-10-8-19(5-4-14(10)17)9-11-7-18-15-6-12(16)2-3-13(11)15/h2-3,6-7,10,14,18H,4-5,8-9,17H2,1H3. The minimum Gasteiger partial charge on any atom is -0.361 e. The minimum atomic E-state index is 0.359. The van der Waals surface area contributed by atoms with Gasteiger partial charge in [0.25, 0.3) is 0 Å². The lowest BCUT2D eigenvalue weighted by Gasteiger charge is -2.34. The van der Waals surface area contributed by atoms with Gasteiger partial charge in [0.15, 0.2) is 0 Å². The number of piperidine rings is 1. The van der Waals surface area contributed by atoms with E-state index in [1.54, 1.807) is 0 Å². The third-order valence-electron chi connectivity index (χ3n) is 4.18. The van der Waals surface area contributed by atoms with Gasteiger partial charge in [-0.05, 0) is 36.6 Å². The smallest absolute Gasteiger partial charge is 0.0472 e. The Morgan fingerprint density at radius 2 is 2.32 bits per heavy atom. The van der Waals surface area contributed by atoms with Crippen LogP contribution in [0.15, 0.2) is 24.4 Å². The van der Waals surface area contributed by atoms with E-state index in [1.807, 2.05) is 12.1 Å². The molecule has 19 heavy (non-hydrogen) atoms. The summed E-state index contributed by atoms with van der Waals surface area (Å²) in [6, 6.07) is 6.39. The summed E-state index contributed by atoms with van der Waals surface area (Å²) < 4.78 is 0. The second kappa shape index (κ2) is 5.16. The Balaban J connectivity index is 1.78. The van der Waals surface area contributed by atoms with Crippen molar-refractivity contribution in [1.29, 1.82) is 0 Å². The average Bonchev–Trinajstić information content (AvgIpc) is 2.76. The van der Waals surface area contributed by atoms with Crippen LogP contribution in [0.3, 0.4) is 0 Å². The molecule has 1 aliphatic rings. The number of likely N-dealkylation sites (tertiary alicyclic amines) is 1. The van der Waals surface area contributed by atoms with E-state index in [0.717, 1.165) is 36.6 Å². The summed E-state index contributed by atoms with van der Waals surface area (Å²) in [6.07, 6.45) is 3.19. The third-order valence-corrected chi connectivity index (χ3v) is 4.41. The molecule has 1 aliphatic heterocycles. The van der Waals surface area contributed by atoms with E-state index in [-0.39, 0.29) is 0 Å². The van der Waals surface area contributed by atoms with Crippen molar-refractivity contribution in [2.75, 3.05) is 13.1 Å². The number of halogens is 1. The van der Waals surface area contributed by atoms with Crippen molar-refractivity contribution < 1.29 is 0 Å². The van der Waals surface area contributed by atoms with Crippen LogP contribution in [0.2, 0.25) is 5.02 Å². The number of hydrogen-bond donors (Lipinski definition) is 2. The number of aromatic nitrogens is 1. The topological polar surface area (TPSA) is 45.0 Å². The molecule has 4 heteroatoms. The quantitative estimate of drug-likeness (QED) is 0.886. The van der Waals surface area contributed by atoms with E-state index in [1.165, 1.54) is 10.9 Å². The normalized spacial score (nSPS) is 25.0. The Kier molecular flexibility index (Phi) is 3.52. The molecule has 2 atom stereocenters. The van der Waals surface area contributed by atoms with E-state index >= 15 is 0 Å². The second-order valence-electron chi connectivity index (χ2n) is 5.67. The molecule has 1 saturated heterocycles. The molecule has 102 valence electrons. The molecular formula is C15H20ClN3. The Bertz CT molecular complexity index is 578. The number of nitrogens with one attached hydrogen (secondary N) is 1. The van der Waals surface area contributed by atoms with Crippen LogP contribution in [-0.4, -0.2) is 29.0 Å². The summed E-state index contributed by atoms with van der Waals surface area (Å²) in [5.41, 5.74) is 8.53. The van der Waals surface area contributed by atoms with Crippen LogP contribution >= 0.6 is 11.6 Å². The molecule has 2 unspecified atom stereocenters. The largest absolute Gasteiger partial charge is 0.361 e. The Morgan fingerprint density at radius 1 is 1.47 bits per heavy atom. The molecular weight excluding hydrogens is 258 g/mol. The molecule has 3 rings (SSSR count). The van der Waals surface area contributed by atoms with Gasteiger partial charge in [-0.2, -0.15) is 0 Å². The number of H-pyrrole nitrogens is 1. The fourth-order valence-corrected chi connectivity index (χ4v) is 3.10. The van der Waals surface area contributed by atoms with Crippen LogP contribution in [0.5, 0.6) is 0 Å². The molecule has 3 nitrogen and oxygen atoms in total. The number of fused-ring (bicyclic) bond motifs is 1. The summed E-state index contributed by atoms with van der Waals surface area (Å²) in [6.45, 7) is 5.40. The molecule has 0 saturated carbocycles. The van der Waals surface area contributed by atoms with Gasteiger partial charge in [0.05, 0.1) is 0 Å². The SMILES string of the molecule is CC1CN(Cc2c[nH]c3cc(Cl)ccc23)CCC1N. The highest BCUT2D eigenvalue weighted by molar-refractivity contribution is 6.31. The fraction of sp³-hybridized carbons (Fsp3) is 0.467. The van der Waals surface area contributed by atoms with Crippen molar-refractivity contribution >= 4 is 22.5 Å². The molecule has 2 heterocycles. The zero-order chi connectivity index (χ0) is 13.4. The summed E-state index contributed by atoms with van der Waals surface area (Å²) in [5.74, 6) is 0.577. The number of hydrogen-bond acceptors (Lipinski definition) is 2. The summed E-state index contributed by atoms with van der Waals surface area (Å²) in [5, 5.41) is 2.05. The zero-order valence-corrected chi connectivity index (χ0v) is 12.0. The van der Waals surface area contributed by atoms with Crippen molar-refractivity contribution in [3.05, 3.63) is 35.0 Å². The van der Waals surface area contributed by atoms with Crippen LogP contribution in [0.4, 0.5) is 0 Å². The Labute approximate surface area is 118 Å². The van der Waals surface area contributed by atoms with Crippen molar-refractivity contribution in [3.63, 3.8) is 0 Å². The van der Waals surface area contributed by atoms with Crippen molar-refractivity contribution in [1.82, 2.24) is 9.88 Å². The maximum absolute atomic E-state index is 6.07. The lowest BCUT2D eigenvalue weighted by atomic mass is 9.94. The number of aromatic amines is 1. The molecule has 1 aromatic heterocycles. The second-order valence-corrected chi connectivity index (χ2v) is 6.11. The third kappa shape index (κ3) is 2.64. The van der Waals surface area contributed by atoms with Crippen molar-refractivity contribution in [3.8, 4) is 0 Å². The van der Waals surface area contributed by atoms with E-state index in [9.17, 15) is 0 Å². The van der Waals surface area contributed by atoms with E-state index in [4.69, 9.17) is 17.3 Å². The van der Waals surface area contributed by atoms with Gasteiger partial charge < -0.3 is 10.7 Å². The summed E-state index contributed by atoms with van der Waals surface area (Å²) in [4.78, 5) is 5.79. The lowest BCUT2D eigenvalue weighted by molar-refractivity contribution is 0.158. The van der Waals surface area contributed by atoms with Gasteiger partial charge in [-0.15, -0.1) is 0 Å². The first-order valence-electron chi connectivity index (χ1n) is 6.87. The molecule has 0 radical (unpaired) electrons. The van der Waals surface area contributed by atoms with Crippen LogP contribution in [0, 0.1) is 5.92 Å². The predicted octanol–water partition coefficient (Wildman–Crippen LogP) is 2.99. The molecule has 0 spiro atoms. The van der Waals surface area contributed by atoms with E-state index < -0.39 is 0 Å². The van der Waals surface area contributed by atoms with Crippen molar-refractivity contribution in [2.24, 2.45) is 11.7 Å². The number of nitrogens with zero attached hydrogens (tertiary/aromatic N) is 1. The highest BCUT2D eigenvalue weighted by Gasteiger charge is 2.23. The number of benzene rings is 1. The maximum Gasteiger partial charge on any atom is 0.0472 e. The number of nitrogens with two attached hydrogens (primary N) is 1. The van der Waals surface area contributed by atoms with Gasteiger partial charge >= 0.3 is 0 Å². The van der Waals surface area contributed by atoms with Crippen LogP contribution < -0.4 is 5.73 Å². The molecule has 0 bridgehead atoms. The van der Waals surface area contributed by atoms with Crippen molar-refractivity contribution in [2.45, 2.75) is 25.9 Å². The molecule has 1 fully saturated rings. The van der Waals surface area contributed by atoms with Crippen LogP contribution in [0.1, 0.15) is 18.9 Å². The first-order chi connectivity index (χ1) is 9.13. The molecule has 2 aromatic rings. The minimum absolute atomic E-state index is 0.359. The van der Waals surface area contributed by atoms with E-state index in [0.29, 0.717) is 12.0 Å². The molecule has 0 aliphatic carbocycles. The fourth-order valence-electron chi connectivity index (χ4n) is 2.92. The monoisotopic (exact) mass is 277 g/mol. The van der Waals surface area contributed by atoms with Gasteiger partial charge in [-0.1, -0.05) is 24.6 Å².